The lowest BCUT2D eigenvalue weighted by molar-refractivity contribution is -0.120. The van der Waals surface area contributed by atoms with Gasteiger partial charge in [-0.2, -0.15) is 13.2 Å². The minimum Gasteiger partial charge on any atom is -0.478 e. The maximum Gasteiger partial charge on any atom is 0.405 e. The minimum absolute atomic E-state index is 0.104. The predicted molar refractivity (Wildman–Crippen MR) is 65.9 cm³/mol. The third-order valence-electron chi connectivity index (χ3n) is 2.54. The zero-order chi connectivity index (χ0) is 15.3. The van der Waals surface area contributed by atoms with Crippen LogP contribution in [0, 0.1) is 0 Å². The number of nitrogens with zero attached hydrogens (tertiary/aromatic N) is 2. The molecule has 0 aromatic carbocycles. The van der Waals surface area contributed by atoms with Gasteiger partial charge in [0.05, 0.1) is 12.2 Å². The number of aliphatic hydroxyl groups is 1. The van der Waals surface area contributed by atoms with Gasteiger partial charge in [0.25, 0.3) is 0 Å². The van der Waals surface area contributed by atoms with E-state index < -0.39 is 25.3 Å². The molecule has 1 aromatic heterocycles. The second-order valence-corrected chi connectivity index (χ2v) is 4.12. The molecule has 0 unspecified atom stereocenters. The van der Waals surface area contributed by atoms with Crippen molar-refractivity contribution in [3.05, 3.63) is 23.4 Å². The highest BCUT2D eigenvalue weighted by molar-refractivity contribution is 5.88. The van der Waals surface area contributed by atoms with Crippen LogP contribution in [0.25, 0.3) is 0 Å². The van der Waals surface area contributed by atoms with Crippen LogP contribution in [0.1, 0.15) is 23.0 Å². The Balaban J connectivity index is 3.17. The molecule has 0 saturated heterocycles. The van der Waals surface area contributed by atoms with Gasteiger partial charge in [0.2, 0.25) is 0 Å². The summed E-state index contributed by atoms with van der Waals surface area (Å²) in [5.41, 5.74) is 0.252. The highest BCUT2D eigenvalue weighted by Gasteiger charge is 2.31. The fourth-order valence-corrected chi connectivity index (χ4v) is 1.65. The van der Waals surface area contributed by atoms with Crippen LogP contribution >= 0.6 is 0 Å². The van der Waals surface area contributed by atoms with Crippen LogP contribution < -0.4 is 4.90 Å². The van der Waals surface area contributed by atoms with E-state index in [9.17, 15) is 18.0 Å². The first-order chi connectivity index (χ1) is 9.26. The number of aromatic nitrogens is 1. The molecule has 0 fully saturated rings. The Morgan fingerprint density at radius 1 is 1.40 bits per heavy atom. The Hall–Kier alpha value is -1.83. The van der Waals surface area contributed by atoms with Gasteiger partial charge in [0, 0.05) is 12.2 Å². The highest BCUT2D eigenvalue weighted by atomic mass is 19.4. The largest absolute Gasteiger partial charge is 0.478 e. The molecule has 112 valence electrons. The number of rotatable bonds is 6. The predicted octanol–water partition coefficient (Wildman–Crippen LogP) is 1.70. The first-order valence-corrected chi connectivity index (χ1v) is 5.93. The van der Waals surface area contributed by atoms with Crippen LogP contribution in [-0.4, -0.2) is 47.0 Å². The van der Waals surface area contributed by atoms with Crippen LogP contribution in [0.5, 0.6) is 0 Å². The van der Waals surface area contributed by atoms with Crippen LogP contribution in [0.2, 0.25) is 0 Å². The smallest absolute Gasteiger partial charge is 0.405 e. The fourth-order valence-electron chi connectivity index (χ4n) is 1.65. The molecule has 0 radical (unpaired) electrons. The summed E-state index contributed by atoms with van der Waals surface area (Å²) in [5.74, 6) is -1.34. The molecule has 0 aliphatic rings. The van der Waals surface area contributed by atoms with E-state index in [2.05, 4.69) is 4.98 Å². The number of aromatic carboxylic acids is 1. The van der Waals surface area contributed by atoms with Crippen LogP contribution in [-0.2, 0) is 6.42 Å². The number of hydrogen-bond donors (Lipinski definition) is 2. The number of aliphatic hydroxyl groups excluding tert-OH is 1. The van der Waals surface area contributed by atoms with Crippen molar-refractivity contribution in [3.63, 3.8) is 0 Å². The lowest BCUT2D eigenvalue weighted by Gasteiger charge is -2.24. The number of halogens is 3. The molecular formula is C12H15F3N2O3. The number of anilines is 1. The Morgan fingerprint density at radius 2 is 2.05 bits per heavy atom. The molecule has 1 aromatic rings. The molecule has 1 heterocycles. The van der Waals surface area contributed by atoms with E-state index in [4.69, 9.17) is 10.2 Å². The number of carboxylic acids is 1. The average molecular weight is 292 g/mol. The number of hydrogen-bond acceptors (Lipinski definition) is 4. The van der Waals surface area contributed by atoms with Crippen molar-refractivity contribution < 1.29 is 28.2 Å². The zero-order valence-electron chi connectivity index (χ0n) is 10.8. The molecule has 8 heteroatoms. The summed E-state index contributed by atoms with van der Waals surface area (Å²) in [7, 11) is 0. The third kappa shape index (κ3) is 4.69. The van der Waals surface area contributed by atoms with Crippen molar-refractivity contribution in [3.8, 4) is 0 Å². The van der Waals surface area contributed by atoms with E-state index in [1.165, 1.54) is 6.07 Å². The van der Waals surface area contributed by atoms with Gasteiger partial charge in [0.15, 0.2) is 0 Å². The molecular weight excluding hydrogens is 277 g/mol. The van der Waals surface area contributed by atoms with Gasteiger partial charge in [-0.05, 0) is 18.6 Å². The summed E-state index contributed by atoms with van der Waals surface area (Å²) in [6, 6.07) is 2.39. The van der Waals surface area contributed by atoms with Crippen molar-refractivity contribution in [2.45, 2.75) is 19.5 Å². The highest BCUT2D eigenvalue weighted by Crippen LogP contribution is 2.22. The van der Waals surface area contributed by atoms with Crippen LogP contribution in [0.3, 0.4) is 0 Å². The first-order valence-electron chi connectivity index (χ1n) is 5.93. The van der Waals surface area contributed by atoms with Crippen LogP contribution in [0.15, 0.2) is 12.1 Å². The van der Waals surface area contributed by atoms with Crippen molar-refractivity contribution in [1.82, 2.24) is 4.98 Å². The fraction of sp³-hybridized carbons (Fsp3) is 0.500. The van der Waals surface area contributed by atoms with Gasteiger partial charge in [-0.25, -0.2) is 9.78 Å². The van der Waals surface area contributed by atoms with E-state index in [1.54, 1.807) is 6.92 Å². The molecule has 1 rings (SSSR count). The molecule has 20 heavy (non-hydrogen) atoms. The Bertz CT molecular complexity index is 478. The monoisotopic (exact) mass is 292 g/mol. The van der Waals surface area contributed by atoms with E-state index in [0.717, 1.165) is 11.0 Å². The minimum atomic E-state index is -4.47. The summed E-state index contributed by atoms with van der Waals surface area (Å²) in [4.78, 5) is 15.8. The maximum atomic E-state index is 12.5. The van der Waals surface area contributed by atoms with Crippen molar-refractivity contribution in [2.24, 2.45) is 0 Å². The van der Waals surface area contributed by atoms with Gasteiger partial charge in [-0.3, -0.25) is 0 Å². The normalized spacial score (nSPS) is 11.4. The lowest BCUT2D eigenvalue weighted by Crippen LogP contribution is -2.37. The maximum absolute atomic E-state index is 12.5. The Kier molecular flexibility index (Phi) is 5.32. The van der Waals surface area contributed by atoms with Crippen LogP contribution in [0.4, 0.5) is 19.0 Å². The van der Waals surface area contributed by atoms with E-state index in [-0.39, 0.29) is 17.9 Å². The Morgan fingerprint density at radius 3 is 2.50 bits per heavy atom. The standard InChI is InChI=1S/C12H15F3N2O3/c1-2-9-5-8(11(19)20)6-10(16-9)17(3-4-18)7-12(13,14)15/h5-6,18H,2-4,7H2,1H3,(H,19,20). The van der Waals surface area contributed by atoms with Crippen molar-refractivity contribution >= 4 is 11.8 Å². The number of pyridine rings is 1. The molecule has 5 nitrogen and oxygen atoms in total. The Labute approximate surface area is 113 Å². The molecule has 0 bridgehead atoms. The SMILES string of the molecule is CCc1cc(C(=O)O)cc(N(CCO)CC(F)(F)F)n1. The topological polar surface area (TPSA) is 73.7 Å². The zero-order valence-corrected chi connectivity index (χ0v) is 10.8. The first kappa shape index (κ1) is 16.2. The van der Waals surface area contributed by atoms with Crippen molar-refractivity contribution in [2.75, 3.05) is 24.6 Å². The molecule has 2 N–H and O–H groups in total. The van der Waals surface area contributed by atoms with Gasteiger partial charge in [-0.15, -0.1) is 0 Å². The summed E-state index contributed by atoms with van der Waals surface area (Å²) >= 11 is 0. The molecule has 0 aliphatic heterocycles. The number of aryl methyl sites for hydroxylation is 1. The molecule has 0 aliphatic carbocycles. The second-order valence-electron chi connectivity index (χ2n) is 4.12. The van der Waals surface area contributed by atoms with E-state index >= 15 is 0 Å². The molecule has 0 amide bonds. The summed E-state index contributed by atoms with van der Waals surface area (Å²) in [6.07, 6.45) is -4.07. The summed E-state index contributed by atoms with van der Waals surface area (Å²) in [5, 5.41) is 17.8. The third-order valence-corrected chi connectivity index (χ3v) is 2.54. The summed E-state index contributed by atoms with van der Waals surface area (Å²) in [6.45, 7) is -0.347. The number of alkyl halides is 3. The molecule has 0 atom stereocenters. The number of carbonyl (C=O) groups is 1. The summed E-state index contributed by atoms with van der Waals surface area (Å²) < 4.78 is 37.5. The second kappa shape index (κ2) is 6.56. The van der Waals surface area contributed by atoms with Gasteiger partial charge in [-0.1, -0.05) is 6.92 Å². The van der Waals surface area contributed by atoms with E-state index in [1.807, 2.05) is 0 Å². The van der Waals surface area contributed by atoms with E-state index in [0.29, 0.717) is 12.1 Å². The van der Waals surface area contributed by atoms with Crippen molar-refractivity contribution in [1.29, 1.82) is 0 Å². The quantitative estimate of drug-likeness (QED) is 0.835. The van der Waals surface area contributed by atoms with Gasteiger partial charge >= 0.3 is 12.1 Å². The molecule has 0 saturated carbocycles. The lowest BCUT2D eigenvalue weighted by atomic mass is 10.2. The van der Waals surface area contributed by atoms with Gasteiger partial charge in [0.1, 0.15) is 12.4 Å². The average Bonchev–Trinajstić information content (AvgIpc) is 2.36. The number of carboxylic acid groups (broad SMARTS) is 1. The molecule has 0 spiro atoms. The van der Waals surface area contributed by atoms with Gasteiger partial charge < -0.3 is 15.1 Å².